The molecule has 4 heteroatoms. The Morgan fingerprint density at radius 3 is 2.67 bits per heavy atom. The van der Waals surface area contributed by atoms with E-state index in [1.807, 2.05) is 25.9 Å². The third-order valence-electron chi connectivity index (χ3n) is 4.17. The molecule has 106 valence electrons. The fourth-order valence-electron chi connectivity index (χ4n) is 2.77. The van der Waals surface area contributed by atoms with Gasteiger partial charge in [-0.2, -0.15) is 0 Å². The van der Waals surface area contributed by atoms with E-state index in [9.17, 15) is 4.79 Å². The molecule has 4 nitrogen and oxygen atoms in total. The molecule has 2 unspecified atom stereocenters. The molecule has 0 spiro atoms. The van der Waals surface area contributed by atoms with E-state index >= 15 is 0 Å². The van der Waals surface area contributed by atoms with Crippen molar-refractivity contribution in [1.82, 2.24) is 10.2 Å². The third-order valence-corrected chi connectivity index (χ3v) is 4.17. The van der Waals surface area contributed by atoms with Crippen molar-refractivity contribution in [2.75, 3.05) is 27.2 Å². The quantitative estimate of drug-likeness (QED) is 0.704. The van der Waals surface area contributed by atoms with Crippen molar-refractivity contribution < 1.29 is 9.53 Å². The molecule has 0 aliphatic heterocycles. The molecule has 0 aromatic carbocycles. The van der Waals surface area contributed by atoms with Gasteiger partial charge in [0.05, 0.1) is 6.10 Å². The van der Waals surface area contributed by atoms with Crippen molar-refractivity contribution in [3.63, 3.8) is 0 Å². The molecule has 18 heavy (non-hydrogen) atoms. The fraction of sp³-hybridized carbons (Fsp3) is 0.929. The Morgan fingerprint density at radius 2 is 2.17 bits per heavy atom. The van der Waals surface area contributed by atoms with E-state index in [-0.39, 0.29) is 11.3 Å². The molecule has 0 radical (unpaired) electrons. The zero-order valence-corrected chi connectivity index (χ0v) is 12.5. The number of hydrogen-bond donors (Lipinski definition) is 1. The van der Waals surface area contributed by atoms with Gasteiger partial charge >= 0.3 is 0 Å². The number of carbonyl (C=O) groups is 1. The van der Waals surface area contributed by atoms with Crippen molar-refractivity contribution in [3.05, 3.63) is 0 Å². The first-order valence-corrected chi connectivity index (χ1v) is 6.97. The first-order chi connectivity index (χ1) is 8.45. The van der Waals surface area contributed by atoms with Crippen LogP contribution in [0.4, 0.5) is 0 Å². The van der Waals surface area contributed by atoms with E-state index in [0.29, 0.717) is 18.6 Å². The molecule has 1 fully saturated rings. The minimum atomic E-state index is 0.0728. The molecular formula is C14H28N2O2. The van der Waals surface area contributed by atoms with Crippen LogP contribution in [0.15, 0.2) is 0 Å². The van der Waals surface area contributed by atoms with Crippen LogP contribution in [0.25, 0.3) is 0 Å². The summed E-state index contributed by atoms with van der Waals surface area (Å²) in [5, 5.41) is 3.07. The molecule has 1 rings (SSSR count). The molecule has 0 aromatic heterocycles. The van der Waals surface area contributed by atoms with Crippen molar-refractivity contribution >= 4 is 5.91 Å². The summed E-state index contributed by atoms with van der Waals surface area (Å²) in [4.78, 5) is 14.0. The maximum Gasteiger partial charge on any atom is 0.222 e. The van der Waals surface area contributed by atoms with E-state index < -0.39 is 0 Å². The van der Waals surface area contributed by atoms with Gasteiger partial charge in [-0.05, 0) is 33.4 Å². The Bertz CT molecular complexity index is 279. The van der Waals surface area contributed by atoms with Gasteiger partial charge in [-0.3, -0.25) is 4.79 Å². The summed E-state index contributed by atoms with van der Waals surface area (Å²) < 4.78 is 5.70. The molecule has 1 N–H and O–H groups in total. The highest BCUT2D eigenvalue weighted by Gasteiger charge is 2.51. The average molecular weight is 256 g/mol. The molecule has 0 bridgehead atoms. The van der Waals surface area contributed by atoms with Crippen LogP contribution in [0.1, 0.15) is 40.0 Å². The summed E-state index contributed by atoms with van der Waals surface area (Å²) in [7, 11) is 3.84. The largest absolute Gasteiger partial charge is 0.378 e. The number of rotatable bonds is 7. The second kappa shape index (κ2) is 6.53. The first-order valence-electron chi connectivity index (χ1n) is 6.97. The topological polar surface area (TPSA) is 41.6 Å². The summed E-state index contributed by atoms with van der Waals surface area (Å²) in [5.74, 6) is 0.248. The fourth-order valence-corrected chi connectivity index (χ4v) is 2.77. The van der Waals surface area contributed by atoms with Gasteiger partial charge in [-0.1, -0.05) is 13.8 Å². The standard InChI is InChI=1S/C14H28N2O2/c1-6-18-12-10-11(14(12,2)3)16(5)13(17)8-7-9-15-4/h11-12,15H,6-10H2,1-5H3. The smallest absolute Gasteiger partial charge is 0.222 e. The number of hydrogen-bond acceptors (Lipinski definition) is 3. The van der Waals surface area contributed by atoms with Crippen molar-refractivity contribution in [2.24, 2.45) is 5.41 Å². The van der Waals surface area contributed by atoms with Gasteiger partial charge in [0.2, 0.25) is 5.91 Å². The molecule has 1 saturated carbocycles. The highest BCUT2D eigenvalue weighted by molar-refractivity contribution is 5.76. The van der Waals surface area contributed by atoms with Gasteiger partial charge in [-0.15, -0.1) is 0 Å². The number of nitrogens with one attached hydrogen (secondary N) is 1. The van der Waals surface area contributed by atoms with Crippen LogP contribution in [0.5, 0.6) is 0 Å². The van der Waals surface area contributed by atoms with E-state index in [2.05, 4.69) is 19.2 Å². The normalized spacial score (nSPS) is 25.6. The van der Waals surface area contributed by atoms with E-state index in [0.717, 1.165) is 26.0 Å². The molecule has 0 saturated heterocycles. The number of amides is 1. The average Bonchev–Trinajstić information content (AvgIpc) is 2.33. The minimum absolute atomic E-state index is 0.0728. The Hall–Kier alpha value is -0.610. The number of carbonyl (C=O) groups excluding carboxylic acids is 1. The third kappa shape index (κ3) is 3.23. The van der Waals surface area contributed by atoms with Crippen LogP contribution in [0, 0.1) is 5.41 Å². The summed E-state index contributed by atoms with van der Waals surface area (Å²) >= 11 is 0. The monoisotopic (exact) mass is 256 g/mol. The number of nitrogens with zero attached hydrogens (tertiary/aromatic N) is 1. The zero-order valence-electron chi connectivity index (χ0n) is 12.5. The lowest BCUT2D eigenvalue weighted by Crippen LogP contribution is -2.62. The lowest BCUT2D eigenvalue weighted by atomic mass is 9.63. The first kappa shape index (κ1) is 15.4. The lowest BCUT2D eigenvalue weighted by Gasteiger charge is -2.54. The van der Waals surface area contributed by atoms with Crippen LogP contribution in [0.2, 0.25) is 0 Å². The summed E-state index contributed by atoms with van der Waals surface area (Å²) in [6, 6.07) is 0.316. The Labute approximate surface area is 111 Å². The van der Waals surface area contributed by atoms with Gasteiger partial charge in [0.15, 0.2) is 0 Å². The highest BCUT2D eigenvalue weighted by Crippen LogP contribution is 2.45. The van der Waals surface area contributed by atoms with Gasteiger partial charge in [0, 0.05) is 31.5 Å². The van der Waals surface area contributed by atoms with Crippen molar-refractivity contribution in [3.8, 4) is 0 Å². The van der Waals surface area contributed by atoms with Gasteiger partial charge in [-0.25, -0.2) is 0 Å². The molecular weight excluding hydrogens is 228 g/mol. The van der Waals surface area contributed by atoms with Crippen LogP contribution in [0.3, 0.4) is 0 Å². The predicted octanol–water partition coefficient (Wildman–Crippen LogP) is 1.65. The van der Waals surface area contributed by atoms with E-state index in [4.69, 9.17) is 4.74 Å². The van der Waals surface area contributed by atoms with Gasteiger partial charge < -0.3 is 15.0 Å². The molecule has 1 aliphatic carbocycles. The molecule has 1 aliphatic rings. The van der Waals surface area contributed by atoms with E-state index in [1.165, 1.54) is 0 Å². The SMILES string of the molecule is CCOC1CC(N(C)C(=O)CCCNC)C1(C)C. The molecule has 0 heterocycles. The zero-order chi connectivity index (χ0) is 13.8. The second-order valence-corrected chi connectivity index (χ2v) is 5.73. The molecule has 1 amide bonds. The summed E-state index contributed by atoms with van der Waals surface area (Å²) in [6.07, 6.45) is 2.79. The summed E-state index contributed by atoms with van der Waals surface area (Å²) in [5.41, 5.74) is 0.0728. The van der Waals surface area contributed by atoms with Gasteiger partial charge in [0.1, 0.15) is 0 Å². The van der Waals surface area contributed by atoms with Gasteiger partial charge in [0.25, 0.3) is 0 Å². The van der Waals surface area contributed by atoms with Crippen LogP contribution in [-0.4, -0.2) is 50.2 Å². The van der Waals surface area contributed by atoms with Crippen molar-refractivity contribution in [2.45, 2.75) is 52.2 Å². The predicted molar refractivity (Wildman–Crippen MR) is 73.5 cm³/mol. The van der Waals surface area contributed by atoms with Crippen LogP contribution in [-0.2, 0) is 9.53 Å². The Morgan fingerprint density at radius 1 is 1.50 bits per heavy atom. The lowest BCUT2D eigenvalue weighted by molar-refractivity contribution is -0.163. The maximum absolute atomic E-state index is 12.1. The summed E-state index contributed by atoms with van der Waals surface area (Å²) in [6.45, 7) is 8.06. The molecule has 0 aromatic rings. The maximum atomic E-state index is 12.1. The Balaban J connectivity index is 2.43. The minimum Gasteiger partial charge on any atom is -0.378 e. The van der Waals surface area contributed by atoms with Crippen molar-refractivity contribution in [1.29, 1.82) is 0 Å². The highest BCUT2D eigenvalue weighted by atomic mass is 16.5. The number of ether oxygens (including phenoxy) is 1. The second-order valence-electron chi connectivity index (χ2n) is 5.73. The van der Waals surface area contributed by atoms with Crippen LogP contribution >= 0.6 is 0 Å². The Kier molecular flexibility index (Phi) is 5.60. The van der Waals surface area contributed by atoms with Crippen LogP contribution < -0.4 is 5.32 Å². The molecule has 2 atom stereocenters. The van der Waals surface area contributed by atoms with E-state index in [1.54, 1.807) is 0 Å².